The molecule has 92 valence electrons. The predicted octanol–water partition coefficient (Wildman–Crippen LogP) is 2.93. The zero-order valence-electron chi connectivity index (χ0n) is 7.84. The molecule has 0 bridgehead atoms. The van der Waals surface area contributed by atoms with Crippen molar-refractivity contribution in [1.29, 1.82) is 0 Å². The fourth-order valence-corrected chi connectivity index (χ4v) is 1.36. The molecule has 0 aromatic carbocycles. The normalized spacial score (nSPS) is 13.3. The number of alkyl halides is 6. The number of rotatable bonds is 0. The van der Waals surface area contributed by atoms with Gasteiger partial charge in [-0.3, -0.25) is 0 Å². The number of hydrogen-bond acceptors (Lipinski definition) is 2. The molecule has 17 heavy (non-hydrogen) atoms. The first-order chi connectivity index (χ1) is 7.71. The summed E-state index contributed by atoms with van der Waals surface area (Å²) < 4.78 is 74.0. The Morgan fingerprint density at radius 1 is 1.06 bits per heavy atom. The Morgan fingerprint density at radius 2 is 1.71 bits per heavy atom. The third-order valence-corrected chi connectivity index (χ3v) is 1.94. The second kappa shape index (κ2) is 3.34. The minimum absolute atomic E-state index is 0.600. The van der Waals surface area contributed by atoms with E-state index in [1.165, 1.54) is 0 Å². The molecular weight excluding hydrogens is 252 g/mol. The highest BCUT2D eigenvalue weighted by Gasteiger charge is 2.46. The van der Waals surface area contributed by atoms with Crippen LogP contribution in [0.1, 0.15) is 5.82 Å². The molecule has 0 atom stereocenters. The van der Waals surface area contributed by atoms with E-state index in [0.717, 1.165) is 18.3 Å². The fourth-order valence-electron chi connectivity index (χ4n) is 1.36. The molecule has 0 aliphatic rings. The van der Waals surface area contributed by atoms with E-state index in [0.29, 0.717) is 0 Å². The number of imidazole rings is 1. The monoisotopic (exact) mass is 255 g/mol. The van der Waals surface area contributed by atoms with Gasteiger partial charge >= 0.3 is 12.5 Å². The SMILES string of the molecule is FC(F)(F)c1nc2ncccc2n1C(F)(F)F. The Hall–Kier alpha value is -1.80. The molecule has 3 nitrogen and oxygen atoms in total. The van der Waals surface area contributed by atoms with E-state index in [1.807, 2.05) is 0 Å². The molecule has 2 heterocycles. The molecule has 0 radical (unpaired) electrons. The van der Waals surface area contributed by atoms with Crippen LogP contribution in [-0.2, 0) is 12.5 Å². The summed E-state index contributed by atoms with van der Waals surface area (Å²) in [5, 5.41) is 0. The molecule has 2 rings (SSSR count). The van der Waals surface area contributed by atoms with Gasteiger partial charge in [-0.1, -0.05) is 0 Å². The molecule has 2 aromatic heterocycles. The minimum Gasteiger partial charge on any atom is -0.235 e. The van der Waals surface area contributed by atoms with Crippen molar-refractivity contribution < 1.29 is 26.3 Å². The Kier molecular flexibility index (Phi) is 2.30. The molecule has 2 aromatic rings. The van der Waals surface area contributed by atoms with E-state index in [9.17, 15) is 26.3 Å². The van der Waals surface area contributed by atoms with Crippen LogP contribution >= 0.6 is 0 Å². The van der Waals surface area contributed by atoms with E-state index < -0.39 is 34.0 Å². The maximum Gasteiger partial charge on any atom is 0.490 e. The van der Waals surface area contributed by atoms with Gasteiger partial charge in [0.15, 0.2) is 5.65 Å². The lowest BCUT2D eigenvalue weighted by Crippen LogP contribution is -2.24. The van der Waals surface area contributed by atoms with Crippen molar-refractivity contribution in [2.75, 3.05) is 0 Å². The summed E-state index contributed by atoms with van der Waals surface area (Å²) in [6.45, 7) is 0. The van der Waals surface area contributed by atoms with Crippen LogP contribution in [0.2, 0.25) is 0 Å². The van der Waals surface area contributed by atoms with Gasteiger partial charge < -0.3 is 0 Å². The quantitative estimate of drug-likeness (QED) is 0.677. The Morgan fingerprint density at radius 3 is 2.24 bits per heavy atom. The van der Waals surface area contributed by atoms with Crippen molar-refractivity contribution in [2.45, 2.75) is 12.5 Å². The third kappa shape index (κ3) is 1.92. The fraction of sp³-hybridized carbons (Fsp3) is 0.250. The summed E-state index contributed by atoms with van der Waals surface area (Å²) in [5.41, 5.74) is -1.33. The zero-order valence-corrected chi connectivity index (χ0v) is 7.84. The Labute approximate surface area is 89.7 Å². The molecule has 0 aliphatic carbocycles. The van der Waals surface area contributed by atoms with Gasteiger partial charge in [0, 0.05) is 6.20 Å². The summed E-state index contributed by atoms with van der Waals surface area (Å²) in [6, 6.07) is 1.98. The van der Waals surface area contributed by atoms with Crippen LogP contribution in [0.4, 0.5) is 26.3 Å². The van der Waals surface area contributed by atoms with Crippen LogP contribution in [0.3, 0.4) is 0 Å². The van der Waals surface area contributed by atoms with E-state index in [2.05, 4.69) is 9.97 Å². The highest BCUT2D eigenvalue weighted by molar-refractivity contribution is 5.71. The largest absolute Gasteiger partial charge is 0.490 e. The highest BCUT2D eigenvalue weighted by atomic mass is 19.4. The van der Waals surface area contributed by atoms with Crippen molar-refractivity contribution in [3.8, 4) is 0 Å². The first-order valence-electron chi connectivity index (χ1n) is 4.19. The number of nitrogens with zero attached hydrogens (tertiary/aromatic N) is 3. The Balaban J connectivity index is 2.84. The van der Waals surface area contributed by atoms with Gasteiger partial charge in [0.25, 0.3) is 0 Å². The molecule has 9 heteroatoms. The van der Waals surface area contributed by atoms with Gasteiger partial charge in [-0.15, -0.1) is 13.2 Å². The summed E-state index contributed by atoms with van der Waals surface area (Å²) in [4.78, 5) is 6.21. The topological polar surface area (TPSA) is 30.7 Å². The van der Waals surface area contributed by atoms with Gasteiger partial charge in [0.05, 0.1) is 5.52 Å². The molecule has 0 saturated carbocycles. The standard InChI is InChI=1S/C8H3F6N3/c9-7(10,11)6-16-5-4(2-1-3-15-5)17(6)8(12,13)14/h1-3H. The van der Waals surface area contributed by atoms with Gasteiger partial charge in [0.1, 0.15) is 0 Å². The molecule has 0 amide bonds. The first-order valence-corrected chi connectivity index (χ1v) is 4.19. The van der Waals surface area contributed by atoms with E-state index >= 15 is 0 Å². The van der Waals surface area contributed by atoms with Crippen LogP contribution in [-0.4, -0.2) is 14.5 Å². The maximum atomic E-state index is 12.5. The molecule has 0 N–H and O–H groups in total. The molecule has 0 aliphatic heterocycles. The number of halogens is 6. The smallest absolute Gasteiger partial charge is 0.235 e. The number of pyridine rings is 1. The van der Waals surface area contributed by atoms with Crippen molar-refractivity contribution in [3.05, 3.63) is 24.2 Å². The lowest BCUT2D eigenvalue weighted by Gasteiger charge is -2.13. The van der Waals surface area contributed by atoms with Gasteiger partial charge in [0.2, 0.25) is 5.82 Å². The van der Waals surface area contributed by atoms with E-state index in [4.69, 9.17) is 0 Å². The molecule has 0 fully saturated rings. The van der Waals surface area contributed by atoms with Gasteiger partial charge in [-0.2, -0.15) is 13.2 Å². The average molecular weight is 255 g/mol. The number of aromatic nitrogens is 3. The summed E-state index contributed by atoms with van der Waals surface area (Å²) in [6.07, 6.45) is -9.34. The first kappa shape index (κ1) is 11.7. The maximum absolute atomic E-state index is 12.5. The second-order valence-corrected chi connectivity index (χ2v) is 3.08. The van der Waals surface area contributed by atoms with Crippen LogP contribution in [0, 0.1) is 0 Å². The van der Waals surface area contributed by atoms with Crippen LogP contribution in [0.15, 0.2) is 18.3 Å². The number of fused-ring (bicyclic) bond motifs is 1. The van der Waals surface area contributed by atoms with Crippen molar-refractivity contribution >= 4 is 11.2 Å². The highest BCUT2D eigenvalue weighted by Crippen LogP contribution is 2.36. The summed E-state index contributed by atoms with van der Waals surface area (Å²) in [5.74, 6) is -2.03. The minimum atomic E-state index is -5.21. The molecular formula is C8H3F6N3. The zero-order chi connectivity index (χ0) is 12.8. The number of hydrogen-bond donors (Lipinski definition) is 0. The predicted molar refractivity (Wildman–Crippen MR) is 43.8 cm³/mol. The van der Waals surface area contributed by atoms with Crippen LogP contribution in [0.25, 0.3) is 11.2 Å². The Bertz CT molecular complexity index is 552. The summed E-state index contributed by atoms with van der Waals surface area (Å²) in [7, 11) is 0. The second-order valence-electron chi connectivity index (χ2n) is 3.08. The van der Waals surface area contributed by atoms with Crippen LogP contribution in [0.5, 0.6) is 0 Å². The summed E-state index contributed by atoms with van der Waals surface area (Å²) >= 11 is 0. The molecule has 0 unspecified atom stereocenters. The van der Waals surface area contributed by atoms with Crippen molar-refractivity contribution in [2.24, 2.45) is 0 Å². The third-order valence-electron chi connectivity index (χ3n) is 1.94. The molecule has 0 spiro atoms. The van der Waals surface area contributed by atoms with Crippen molar-refractivity contribution in [1.82, 2.24) is 14.5 Å². The van der Waals surface area contributed by atoms with Crippen molar-refractivity contribution in [3.63, 3.8) is 0 Å². The van der Waals surface area contributed by atoms with Gasteiger partial charge in [-0.05, 0) is 12.1 Å². The van der Waals surface area contributed by atoms with E-state index in [1.54, 1.807) is 0 Å². The van der Waals surface area contributed by atoms with Crippen LogP contribution < -0.4 is 0 Å². The lowest BCUT2D eigenvalue weighted by molar-refractivity contribution is -0.220. The lowest BCUT2D eigenvalue weighted by atomic mass is 10.4. The molecule has 0 saturated heterocycles. The van der Waals surface area contributed by atoms with Gasteiger partial charge in [-0.25, -0.2) is 14.5 Å². The average Bonchev–Trinajstić information content (AvgIpc) is 2.54. The van der Waals surface area contributed by atoms with E-state index in [-0.39, 0.29) is 0 Å².